The van der Waals surface area contributed by atoms with E-state index in [-0.39, 0.29) is 16.7 Å². The second kappa shape index (κ2) is 6.61. The minimum Gasteiger partial charge on any atom is -0.355 e. The van der Waals surface area contributed by atoms with E-state index in [1.54, 1.807) is 0 Å². The third-order valence-corrected chi connectivity index (χ3v) is 4.38. The highest BCUT2D eigenvalue weighted by Gasteiger charge is 2.40. The summed E-state index contributed by atoms with van der Waals surface area (Å²) in [6.07, 6.45) is 2.75. The summed E-state index contributed by atoms with van der Waals surface area (Å²) < 4.78 is 0. The molecule has 1 aromatic rings. The third-order valence-electron chi connectivity index (χ3n) is 4.38. The molecule has 2 rings (SSSR count). The number of piperidine rings is 1. The Morgan fingerprint density at radius 2 is 1.81 bits per heavy atom. The number of nitrogens with one attached hydrogen (secondary N) is 2. The number of rotatable bonds is 4. The molecule has 1 amide bonds. The van der Waals surface area contributed by atoms with Crippen molar-refractivity contribution in [1.29, 1.82) is 0 Å². The summed E-state index contributed by atoms with van der Waals surface area (Å²) in [6.45, 7) is 9.18. The fourth-order valence-corrected chi connectivity index (χ4v) is 2.98. The molecular formula is C18H28N2O. The van der Waals surface area contributed by atoms with Crippen LogP contribution in [0.25, 0.3) is 0 Å². The van der Waals surface area contributed by atoms with Crippen molar-refractivity contribution in [1.82, 2.24) is 10.6 Å². The zero-order chi connectivity index (χ0) is 15.3. The average molecular weight is 288 g/mol. The summed E-state index contributed by atoms with van der Waals surface area (Å²) in [5.41, 5.74) is 1.05. The average Bonchev–Trinajstić information content (AvgIpc) is 2.47. The van der Waals surface area contributed by atoms with Crippen LogP contribution in [0, 0.1) is 5.41 Å². The minimum atomic E-state index is -0.357. The summed E-state index contributed by atoms with van der Waals surface area (Å²) in [4.78, 5) is 12.9. The van der Waals surface area contributed by atoms with Gasteiger partial charge in [0.15, 0.2) is 0 Å². The van der Waals surface area contributed by atoms with Gasteiger partial charge in [-0.15, -0.1) is 0 Å². The first-order chi connectivity index (χ1) is 9.94. The van der Waals surface area contributed by atoms with Gasteiger partial charge in [0.2, 0.25) is 5.91 Å². The Morgan fingerprint density at radius 1 is 1.19 bits per heavy atom. The Bertz CT molecular complexity index is 456. The summed E-state index contributed by atoms with van der Waals surface area (Å²) >= 11 is 0. The normalized spacial score (nSPS) is 18.2. The van der Waals surface area contributed by atoms with Gasteiger partial charge in [0.1, 0.15) is 0 Å². The Hall–Kier alpha value is -1.35. The maximum absolute atomic E-state index is 12.9. The van der Waals surface area contributed by atoms with Crippen LogP contribution in [0.3, 0.4) is 0 Å². The molecule has 0 radical (unpaired) electrons. The first-order valence-electron chi connectivity index (χ1n) is 7.99. The van der Waals surface area contributed by atoms with Crippen molar-refractivity contribution in [2.75, 3.05) is 19.6 Å². The first kappa shape index (κ1) is 16.0. The zero-order valence-electron chi connectivity index (χ0n) is 13.5. The quantitative estimate of drug-likeness (QED) is 0.894. The van der Waals surface area contributed by atoms with Crippen LogP contribution in [0.15, 0.2) is 30.3 Å². The molecule has 1 heterocycles. The van der Waals surface area contributed by atoms with E-state index in [4.69, 9.17) is 0 Å². The van der Waals surface area contributed by atoms with E-state index in [0.29, 0.717) is 0 Å². The van der Waals surface area contributed by atoms with Crippen LogP contribution in [0.1, 0.15) is 45.6 Å². The molecule has 0 spiro atoms. The van der Waals surface area contributed by atoms with Crippen LogP contribution < -0.4 is 10.6 Å². The van der Waals surface area contributed by atoms with Crippen molar-refractivity contribution in [2.45, 2.75) is 45.4 Å². The van der Waals surface area contributed by atoms with Gasteiger partial charge in [0.05, 0.1) is 5.41 Å². The molecule has 0 aromatic heterocycles. The van der Waals surface area contributed by atoms with Gasteiger partial charge < -0.3 is 10.6 Å². The maximum Gasteiger partial charge on any atom is 0.230 e. The molecule has 0 unspecified atom stereocenters. The highest BCUT2D eigenvalue weighted by atomic mass is 16.2. The van der Waals surface area contributed by atoms with E-state index >= 15 is 0 Å². The van der Waals surface area contributed by atoms with Gasteiger partial charge in [-0.25, -0.2) is 0 Å². The lowest BCUT2D eigenvalue weighted by Crippen LogP contribution is -2.51. The zero-order valence-corrected chi connectivity index (χ0v) is 13.5. The van der Waals surface area contributed by atoms with Crippen LogP contribution in [-0.4, -0.2) is 25.5 Å². The van der Waals surface area contributed by atoms with Crippen molar-refractivity contribution >= 4 is 5.91 Å². The molecule has 2 N–H and O–H groups in total. The van der Waals surface area contributed by atoms with Crippen molar-refractivity contribution in [3.63, 3.8) is 0 Å². The van der Waals surface area contributed by atoms with Crippen molar-refractivity contribution in [2.24, 2.45) is 5.41 Å². The van der Waals surface area contributed by atoms with Gasteiger partial charge in [-0.05, 0) is 43.3 Å². The van der Waals surface area contributed by atoms with Crippen molar-refractivity contribution in [3.05, 3.63) is 35.9 Å². The molecule has 116 valence electrons. The summed E-state index contributed by atoms with van der Waals surface area (Å²) in [5.74, 6) is 0.194. The molecule has 3 heteroatoms. The lowest BCUT2D eigenvalue weighted by Gasteiger charge is -2.37. The summed E-state index contributed by atoms with van der Waals surface area (Å²) in [7, 11) is 0. The van der Waals surface area contributed by atoms with Gasteiger partial charge in [0.25, 0.3) is 0 Å². The number of hydrogen-bond donors (Lipinski definition) is 2. The second-order valence-corrected chi connectivity index (χ2v) is 7.26. The molecule has 0 bridgehead atoms. The fraction of sp³-hybridized carbons (Fsp3) is 0.611. The largest absolute Gasteiger partial charge is 0.355 e. The Balaban J connectivity index is 2.11. The smallest absolute Gasteiger partial charge is 0.230 e. The summed E-state index contributed by atoms with van der Waals surface area (Å²) in [6, 6.07) is 10.3. The van der Waals surface area contributed by atoms with Gasteiger partial charge in [-0.2, -0.15) is 0 Å². The van der Waals surface area contributed by atoms with Crippen LogP contribution in [-0.2, 0) is 10.2 Å². The third kappa shape index (κ3) is 4.07. The molecule has 1 aliphatic rings. The van der Waals surface area contributed by atoms with Crippen molar-refractivity contribution < 1.29 is 4.79 Å². The van der Waals surface area contributed by atoms with Gasteiger partial charge >= 0.3 is 0 Å². The van der Waals surface area contributed by atoms with E-state index < -0.39 is 0 Å². The van der Waals surface area contributed by atoms with E-state index in [1.807, 2.05) is 18.2 Å². The van der Waals surface area contributed by atoms with E-state index in [0.717, 1.165) is 44.5 Å². The molecule has 21 heavy (non-hydrogen) atoms. The number of carbonyl (C=O) groups excluding carboxylic acids is 1. The predicted molar refractivity (Wildman–Crippen MR) is 87.3 cm³/mol. The Kier molecular flexibility index (Phi) is 5.04. The highest BCUT2D eigenvalue weighted by molar-refractivity contribution is 5.88. The summed E-state index contributed by atoms with van der Waals surface area (Å²) in [5, 5.41) is 6.55. The Morgan fingerprint density at radius 3 is 2.38 bits per heavy atom. The van der Waals surface area contributed by atoms with Gasteiger partial charge in [0, 0.05) is 6.54 Å². The number of amides is 1. The molecule has 1 aliphatic heterocycles. The van der Waals surface area contributed by atoms with Gasteiger partial charge in [-0.1, -0.05) is 51.1 Å². The lowest BCUT2D eigenvalue weighted by atomic mass is 9.72. The van der Waals surface area contributed by atoms with Crippen LogP contribution in [0.5, 0.6) is 0 Å². The lowest BCUT2D eigenvalue weighted by molar-refractivity contribution is -0.127. The molecule has 1 saturated heterocycles. The number of carbonyl (C=O) groups is 1. The van der Waals surface area contributed by atoms with Gasteiger partial charge in [-0.3, -0.25) is 4.79 Å². The number of benzene rings is 1. The molecule has 0 saturated carbocycles. The van der Waals surface area contributed by atoms with E-state index in [9.17, 15) is 4.79 Å². The molecule has 0 atom stereocenters. The minimum absolute atomic E-state index is 0.194. The first-order valence-corrected chi connectivity index (χ1v) is 7.99. The predicted octanol–water partition coefficient (Wildman–Crippen LogP) is 2.86. The fourth-order valence-electron chi connectivity index (χ4n) is 2.98. The monoisotopic (exact) mass is 288 g/mol. The van der Waals surface area contributed by atoms with Crippen molar-refractivity contribution in [3.8, 4) is 0 Å². The second-order valence-electron chi connectivity index (χ2n) is 7.26. The van der Waals surface area contributed by atoms with E-state index in [1.165, 1.54) is 0 Å². The molecular weight excluding hydrogens is 260 g/mol. The molecule has 3 nitrogen and oxygen atoms in total. The standard InChI is InChI=1S/C18H28N2O/c1-17(2,3)9-14-20-16(21)18(10-12-19-13-11-18)15-7-5-4-6-8-15/h4-8,19H,9-14H2,1-3H3,(H,20,21). The molecule has 0 aliphatic carbocycles. The van der Waals surface area contributed by atoms with Crippen LogP contribution in [0.4, 0.5) is 0 Å². The van der Waals surface area contributed by atoms with Crippen LogP contribution >= 0.6 is 0 Å². The Labute approximate surface area is 128 Å². The van der Waals surface area contributed by atoms with E-state index in [2.05, 4.69) is 43.5 Å². The molecule has 1 aromatic carbocycles. The number of hydrogen-bond acceptors (Lipinski definition) is 2. The topological polar surface area (TPSA) is 41.1 Å². The van der Waals surface area contributed by atoms with Crippen LogP contribution in [0.2, 0.25) is 0 Å². The SMILES string of the molecule is CC(C)(C)CCNC(=O)C1(c2ccccc2)CCNCC1. The highest BCUT2D eigenvalue weighted by Crippen LogP contribution is 2.33. The molecule has 1 fully saturated rings. The maximum atomic E-state index is 12.9.